The summed E-state index contributed by atoms with van der Waals surface area (Å²) < 4.78 is 2.42. The summed E-state index contributed by atoms with van der Waals surface area (Å²) in [5.41, 5.74) is 7.70. The predicted octanol–water partition coefficient (Wildman–Crippen LogP) is 5.29. The second-order valence-electron chi connectivity index (χ2n) is 6.60. The van der Waals surface area contributed by atoms with E-state index in [-0.39, 0.29) is 0 Å². The van der Waals surface area contributed by atoms with Crippen LogP contribution in [0.2, 0.25) is 0 Å². The smallest absolute Gasteiger partial charge is 0.0710 e. The molecule has 0 amide bonds. The maximum absolute atomic E-state index is 4.74. The van der Waals surface area contributed by atoms with Crippen LogP contribution in [0.15, 0.2) is 72.9 Å². The zero-order valence-electron chi connectivity index (χ0n) is 14.7. The molecular formula is C23H22N2. The Morgan fingerprint density at radius 2 is 1.44 bits per heavy atom. The zero-order chi connectivity index (χ0) is 17.2. The average molecular weight is 326 g/mol. The molecule has 2 aromatic carbocycles. The van der Waals surface area contributed by atoms with Crippen LogP contribution in [0.3, 0.4) is 0 Å². The summed E-state index contributed by atoms with van der Waals surface area (Å²) in [6.07, 6.45) is 2.80. The first-order valence-electron chi connectivity index (χ1n) is 8.75. The highest BCUT2D eigenvalue weighted by atomic mass is 15.0. The second-order valence-corrected chi connectivity index (χ2v) is 6.60. The summed E-state index contributed by atoms with van der Waals surface area (Å²) in [6.45, 7) is 5.31. The molecule has 0 aliphatic carbocycles. The number of hydrogen-bond donors (Lipinski definition) is 0. The summed E-state index contributed by atoms with van der Waals surface area (Å²) in [5, 5.41) is 1.31. The molecule has 2 heteroatoms. The first-order chi connectivity index (χ1) is 12.2. The van der Waals surface area contributed by atoms with Gasteiger partial charge in [0, 0.05) is 30.2 Å². The number of nitrogens with zero attached hydrogens (tertiary/aromatic N) is 2. The molecule has 0 bridgehead atoms. The van der Waals surface area contributed by atoms with Crippen molar-refractivity contribution in [3.8, 4) is 0 Å². The maximum atomic E-state index is 4.74. The van der Waals surface area contributed by atoms with Crippen LogP contribution in [-0.2, 0) is 13.0 Å². The SMILES string of the molecule is Cc1c(C)n(Cc2ccccc2)c2c(Cc3ccccc3)nccc12. The molecule has 0 N–H and O–H groups in total. The number of benzene rings is 2. The quantitative estimate of drug-likeness (QED) is 0.498. The van der Waals surface area contributed by atoms with Gasteiger partial charge < -0.3 is 4.57 Å². The molecule has 4 rings (SSSR count). The van der Waals surface area contributed by atoms with Gasteiger partial charge in [0.05, 0.1) is 11.2 Å². The molecule has 0 fully saturated rings. The minimum absolute atomic E-state index is 0.857. The van der Waals surface area contributed by atoms with Gasteiger partial charge in [0.1, 0.15) is 0 Å². The molecular weight excluding hydrogens is 304 g/mol. The van der Waals surface area contributed by atoms with Gasteiger partial charge in [-0.3, -0.25) is 4.98 Å². The van der Waals surface area contributed by atoms with Gasteiger partial charge in [0.2, 0.25) is 0 Å². The maximum Gasteiger partial charge on any atom is 0.0710 e. The van der Waals surface area contributed by atoms with Crippen LogP contribution >= 0.6 is 0 Å². The van der Waals surface area contributed by atoms with Crippen molar-refractivity contribution in [2.24, 2.45) is 0 Å². The lowest BCUT2D eigenvalue weighted by Crippen LogP contribution is -2.05. The number of pyridine rings is 1. The van der Waals surface area contributed by atoms with Gasteiger partial charge in [0.15, 0.2) is 0 Å². The number of aryl methyl sites for hydroxylation is 1. The van der Waals surface area contributed by atoms with E-state index in [9.17, 15) is 0 Å². The fraction of sp³-hybridized carbons (Fsp3) is 0.174. The van der Waals surface area contributed by atoms with E-state index in [2.05, 4.69) is 85.1 Å². The van der Waals surface area contributed by atoms with Gasteiger partial charge in [-0.25, -0.2) is 0 Å². The number of hydrogen-bond acceptors (Lipinski definition) is 1. The molecule has 2 heterocycles. The molecule has 25 heavy (non-hydrogen) atoms. The van der Waals surface area contributed by atoms with E-state index < -0.39 is 0 Å². The van der Waals surface area contributed by atoms with Crippen LogP contribution in [0.4, 0.5) is 0 Å². The van der Waals surface area contributed by atoms with Crippen LogP contribution in [-0.4, -0.2) is 9.55 Å². The van der Waals surface area contributed by atoms with Crippen molar-refractivity contribution in [1.82, 2.24) is 9.55 Å². The normalized spacial score (nSPS) is 11.1. The summed E-state index contributed by atoms with van der Waals surface area (Å²) in [6, 6.07) is 23.4. The minimum atomic E-state index is 0.857. The molecule has 0 radical (unpaired) electrons. The van der Waals surface area contributed by atoms with Crippen molar-refractivity contribution in [2.45, 2.75) is 26.8 Å². The third-order valence-corrected chi connectivity index (χ3v) is 5.02. The molecule has 2 nitrogen and oxygen atoms in total. The average Bonchev–Trinajstić information content (AvgIpc) is 2.89. The van der Waals surface area contributed by atoms with Gasteiger partial charge in [-0.2, -0.15) is 0 Å². The standard InChI is InChI=1S/C23H22N2/c1-17-18(2)25(16-20-11-7-4-8-12-20)23-21(17)13-14-24-22(23)15-19-9-5-3-6-10-19/h3-14H,15-16H2,1-2H3. The molecule has 2 aromatic heterocycles. The molecule has 0 aliphatic rings. The highest BCUT2D eigenvalue weighted by Gasteiger charge is 2.15. The molecule has 0 atom stereocenters. The Bertz CT molecular complexity index is 999. The van der Waals surface area contributed by atoms with Gasteiger partial charge >= 0.3 is 0 Å². The second kappa shape index (κ2) is 6.56. The van der Waals surface area contributed by atoms with E-state index in [1.165, 1.54) is 33.3 Å². The first-order valence-corrected chi connectivity index (χ1v) is 8.75. The summed E-state index contributed by atoms with van der Waals surface area (Å²) in [5.74, 6) is 0. The van der Waals surface area contributed by atoms with E-state index in [1.54, 1.807) is 0 Å². The topological polar surface area (TPSA) is 17.8 Å². The monoisotopic (exact) mass is 326 g/mol. The Hall–Kier alpha value is -2.87. The lowest BCUT2D eigenvalue weighted by atomic mass is 10.1. The minimum Gasteiger partial charge on any atom is -0.339 e. The lowest BCUT2D eigenvalue weighted by molar-refractivity contribution is 0.794. The molecule has 0 saturated heterocycles. The van der Waals surface area contributed by atoms with Gasteiger partial charge in [0.25, 0.3) is 0 Å². The van der Waals surface area contributed by atoms with Crippen molar-refractivity contribution < 1.29 is 0 Å². The molecule has 0 unspecified atom stereocenters. The zero-order valence-corrected chi connectivity index (χ0v) is 14.7. The number of fused-ring (bicyclic) bond motifs is 1. The van der Waals surface area contributed by atoms with Crippen LogP contribution in [0.25, 0.3) is 10.9 Å². The molecule has 0 aliphatic heterocycles. The summed E-state index contributed by atoms with van der Waals surface area (Å²) >= 11 is 0. The van der Waals surface area contributed by atoms with Crippen LogP contribution < -0.4 is 0 Å². The van der Waals surface area contributed by atoms with Crippen LogP contribution in [0.5, 0.6) is 0 Å². The Balaban J connectivity index is 1.85. The summed E-state index contributed by atoms with van der Waals surface area (Å²) in [7, 11) is 0. The Labute approximate surface area is 148 Å². The van der Waals surface area contributed by atoms with Crippen LogP contribution in [0, 0.1) is 13.8 Å². The van der Waals surface area contributed by atoms with Gasteiger partial charge in [-0.1, -0.05) is 60.7 Å². The van der Waals surface area contributed by atoms with E-state index in [4.69, 9.17) is 4.98 Å². The number of aromatic nitrogens is 2. The van der Waals surface area contributed by atoms with Gasteiger partial charge in [-0.05, 0) is 36.6 Å². The lowest BCUT2D eigenvalue weighted by Gasteiger charge is -2.11. The van der Waals surface area contributed by atoms with E-state index in [0.29, 0.717) is 0 Å². The first kappa shape index (κ1) is 15.6. The van der Waals surface area contributed by atoms with Crippen LogP contribution in [0.1, 0.15) is 28.1 Å². The highest BCUT2D eigenvalue weighted by Crippen LogP contribution is 2.29. The van der Waals surface area contributed by atoms with Crippen molar-refractivity contribution in [3.63, 3.8) is 0 Å². The predicted molar refractivity (Wildman–Crippen MR) is 104 cm³/mol. The largest absolute Gasteiger partial charge is 0.339 e. The van der Waals surface area contributed by atoms with Gasteiger partial charge in [-0.15, -0.1) is 0 Å². The van der Waals surface area contributed by atoms with Crippen molar-refractivity contribution in [1.29, 1.82) is 0 Å². The molecule has 124 valence electrons. The Morgan fingerprint density at radius 3 is 2.12 bits per heavy atom. The molecule has 4 aromatic rings. The number of rotatable bonds is 4. The van der Waals surface area contributed by atoms with Crippen molar-refractivity contribution in [2.75, 3.05) is 0 Å². The van der Waals surface area contributed by atoms with Crippen molar-refractivity contribution >= 4 is 10.9 Å². The Kier molecular flexibility index (Phi) is 4.10. The van der Waals surface area contributed by atoms with E-state index in [0.717, 1.165) is 18.7 Å². The fourth-order valence-electron chi connectivity index (χ4n) is 3.55. The van der Waals surface area contributed by atoms with E-state index in [1.807, 2.05) is 6.20 Å². The molecule has 0 spiro atoms. The summed E-state index contributed by atoms with van der Waals surface area (Å²) in [4.78, 5) is 4.74. The Morgan fingerprint density at radius 1 is 0.800 bits per heavy atom. The highest BCUT2D eigenvalue weighted by molar-refractivity contribution is 5.87. The third kappa shape index (κ3) is 2.96. The van der Waals surface area contributed by atoms with Crippen molar-refractivity contribution in [3.05, 3.63) is 101 Å². The van der Waals surface area contributed by atoms with E-state index >= 15 is 0 Å². The fourth-order valence-corrected chi connectivity index (χ4v) is 3.55. The molecule has 0 saturated carbocycles. The third-order valence-electron chi connectivity index (χ3n) is 5.02.